The van der Waals surface area contributed by atoms with Crippen molar-refractivity contribution >= 4 is 22.6 Å². The topological polar surface area (TPSA) is 88.8 Å². The Morgan fingerprint density at radius 1 is 1.09 bits per heavy atom. The van der Waals surface area contributed by atoms with Crippen molar-refractivity contribution in [3.63, 3.8) is 0 Å². The lowest BCUT2D eigenvalue weighted by molar-refractivity contribution is -0.115. The highest BCUT2D eigenvalue weighted by atomic mass is 16.5. The molecule has 6 nitrogen and oxygen atoms in total. The monoisotopic (exact) mass is 461 g/mol. The smallest absolute Gasteiger partial charge is 0.340 e. The number of carbonyl (C=O) groups is 1. The van der Waals surface area contributed by atoms with Crippen LogP contribution in [0.2, 0.25) is 0 Å². The van der Waals surface area contributed by atoms with Crippen molar-refractivity contribution in [1.82, 2.24) is 0 Å². The number of benzene rings is 2. The minimum absolute atomic E-state index is 0.0564. The Kier molecular flexibility index (Phi) is 6.17. The molecular formula is C28H31NO5. The van der Waals surface area contributed by atoms with Crippen LogP contribution in [0.15, 0.2) is 45.6 Å². The fourth-order valence-corrected chi connectivity index (χ4v) is 5.40. The summed E-state index contributed by atoms with van der Waals surface area (Å²) in [5, 5.41) is 12.7. The number of hydrogen-bond acceptors (Lipinski definition) is 5. The molecule has 0 unspecified atom stereocenters. The third-order valence-corrected chi connectivity index (χ3v) is 7.39. The molecule has 178 valence electrons. The summed E-state index contributed by atoms with van der Waals surface area (Å²) in [6.45, 7) is 1.96. The van der Waals surface area contributed by atoms with E-state index in [0.717, 1.165) is 53.5 Å². The van der Waals surface area contributed by atoms with Crippen LogP contribution in [0, 0.1) is 6.92 Å². The van der Waals surface area contributed by atoms with Crippen LogP contribution in [0.3, 0.4) is 0 Å². The van der Waals surface area contributed by atoms with E-state index >= 15 is 0 Å². The minimum atomic E-state index is -0.485. The van der Waals surface area contributed by atoms with Crippen molar-refractivity contribution in [3.8, 4) is 5.75 Å². The average molecular weight is 462 g/mol. The quantitative estimate of drug-likeness (QED) is 0.531. The summed E-state index contributed by atoms with van der Waals surface area (Å²) in [5.74, 6) is 0.559. The van der Waals surface area contributed by atoms with Gasteiger partial charge in [0.05, 0.1) is 12.0 Å². The minimum Gasteiger partial charge on any atom is -0.487 e. The fourth-order valence-electron chi connectivity index (χ4n) is 5.40. The van der Waals surface area contributed by atoms with Crippen molar-refractivity contribution < 1.29 is 19.1 Å². The Balaban J connectivity index is 1.38. The number of fused-ring (bicyclic) bond motifs is 2. The summed E-state index contributed by atoms with van der Waals surface area (Å²) in [4.78, 5) is 25.5. The summed E-state index contributed by atoms with van der Waals surface area (Å²) < 4.78 is 12.2. The normalized spacial score (nSPS) is 16.8. The van der Waals surface area contributed by atoms with E-state index in [2.05, 4.69) is 11.4 Å². The van der Waals surface area contributed by atoms with E-state index in [9.17, 15) is 9.59 Å². The van der Waals surface area contributed by atoms with Gasteiger partial charge < -0.3 is 19.6 Å². The van der Waals surface area contributed by atoms with E-state index in [4.69, 9.17) is 14.3 Å². The molecular weight excluding hydrogens is 430 g/mol. The predicted octanol–water partition coefficient (Wildman–Crippen LogP) is 4.85. The molecule has 0 radical (unpaired) electrons. The lowest BCUT2D eigenvalue weighted by Crippen LogP contribution is -2.41. The molecule has 34 heavy (non-hydrogen) atoms. The number of nitrogens with one attached hydrogen (secondary N) is 1. The van der Waals surface area contributed by atoms with Crippen molar-refractivity contribution in [3.05, 3.63) is 69.1 Å². The second-order valence-corrected chi connectivity index (χ2v) is 9.69. The Labute approximate surface area is 198 Å². The third-order valence-electron chi connectivity index (χ3n) is 7.39. The van der Waals surface area contributed by atoms with Gasteiger partial charge in [-0.05, 0) is 86.8 Å². The van der Waals surface area contributed by atoms with Crippen molar-refractivity contribution in [2.75, 3.05) is 11.9 Å². The molecule has 2 aliphatic rings. The first-order chi connectivity index (χ1) is 16.5. The summed E-state index contributed by atoms with van der Waals surface area (Å²) in [6, 6.07) is 11.3. The highest BCUT2D eigenvalue weighted by Gasteiger charge is 2.37. The number of aryl methyl sites for hydroxylation is 2. The zero-order chi connectivity index (χ0) is 23.7. The number of aliphatic hydroxyl groups is 1. The number of amides is 1. The number of anilines is 1. The van der Waals surface area contributed by atoms with Gasteiger partial charge in [-0.2, -0.15) is 0 Å². The molecule has 1 aliphatic heterocycles. The molecule has 1 aromatic heterocycles. The van der Waals surface area contributed by atoms with Crippen LogP contribution in [-0.4, -0.2) is 23.2 Å². The van der Waals surface area contributed by atoms with E-state index in [-0.39, 0.29) is 24.5 Å². The molecule has 1 aliphatic carbocycles. The number of carbonyl (C=O) groups excluding carboxylic acids is 1. The van der Waals surface area contributed by atoms with Gasteiger partial charge in [-0.1, -0.05) is 18.6 Å². The van der Waals surface area contributed by atoms with Gasteiger partial charge in [0, 0.05) is 23.7 Å². The van der Waals surface area contributed by atoms with Crippen molar-refractivity contribution in [2.24, 2.45) is 0 Å². The van der Waals surface area contributed by atoms with Crippen LogP contribution in [0.25, 0.3) is 11.0 Å². The molecule has 2 heterocycles. The average Bonchev–Trinajstić information content (AvgIpc) is 2.83. The summed E-state index contributed by atoms with van der Waals surface area (Å²) in [5.41, 5.74) is 3.90. The van der Waals surface area contributed by atoms with Gasteiger partial charge >= 0.3 is 5.63 Å². The molecule has 1 fully saturated rings. The Hall–Kier alpha value is -3.12. The van der Waals surface area contributed by atoms with Crippen LogP contribution < -0.4 is 15.7 Å². The molecule has 1 spiro atoms. The van der Waals surface area contributed by atoms with Crippen molar-refractivity contribution in [2.45, 2.75) is 70.3 Å². The van der Waals surface area contributed by atoms with Crippen molar-refractivity contribution in [1.29, 1.82) is 0 Å². The van der Waals surface area contributed by atoms with Gasteiger partial charge in [0.1, 0.15) is 16.9 Å². The standard InChI is InChI=1S/C28H31NO5/c1-18-22-15-20-9-13-28(11-3-2-4-12-28)34-24(20)17-25(22)33-27(32)23(18)16-26(31)29-21-7-5-19(6-8-21)10-14-30/h5-8,15,17,30H,2-4,9-14,16H2,1H3,(H,29,31). The number of rotatable bonds is 5. The Bertz CT molecular complexity index is 1270. The molecule has 0 atom stereocenters. The van der Waals surface area contributed by atoms with Crippen LogP contribution >= 0.6 is 0 Å². The van der Waals surface area contributed by atoms with E-state index in [0.29, 0.717) is 23.3 Å². The fraction of sp³-hybridized carbons (Fsp3) is 0.429. The predicted molar refractivity (Wildman–Crippen MR) is 132 cm³/mol. The maximum atomic E-state index is 12.8. The van der Waals surface area contributed by atoms with Crippen LogP contribution in [-0.2, 0) is 24.1 Å². The number of aliphatic hydroxyl groups excluding tert-OH is 1. The largest absolute Gasteiger partial charge is 0.487 e. The van der Waals surface area contributed by atoms with E-state index in [1.165, 1.54) is 19.3 Å². The van der Waals surface area contributed by atoms with E-state index in [1.54, 1.807) is 12.1 Å². The molecule has 1 saturated carbocycles. The first-order valence-electron chi connectivity index (χ1n) is 12.2. The lowest BCUT2D eigenvalue weighted by atomic mass is 9.79. The molecule has 0 saturated heterocycles. The van der Waals surface area contributed by atoms with Gasteiger partial charge in [0.2, 0.25) is 5.91 Å². The van der Waals surface area contributed by atoms with Gasteiger partial charge in [0.25, 0.3) is 0 Å². The summed E-state index contributed by atoms with van der Waals surface area (Å²) in [7, 11) is 0. The second-order valence-electron chi connectivity index (χ2n) is 9.69. The van der Waals surface area contributed by atoms with Crippen LogP contribution in [0.5, 0.6) is 5.75 Å². The highest BCUT2D eigenvalue weighted by Crippen LogP contribution is 2.43. The zero-order valence-electron chi connectivity index (χ0n) is 19.6. The van der Waals surface area contributed by atoms with Crippen LogP contribution in [0.4, 0.5) is 5.69 Å². The molecule has 5 rings (SSSR count). The molecule has 1 amide bonds. The van der Waals surface area contributed by atoms with Gasteiger partial charge in [0.15, 0.2) is 0 Å². The third kappa shape index (κ3) is 4.47. The lowest BCUT2D eigenvalue weighted by Gasteiger charge is -2.41. The first-order valence-corrected chi connectivity index (χ1v) is 12.2. The van der Waals surface area contributed by atoms with Gasteiger partial charge in [-0.25, -0.2) is 4.79 Å². The van der Waals surface area contributed by atoms with E-state index < -0.39 is 5.63 Å². The molecule has 2 N–H and O–H groups in total. The first kappa shape index (κ1) is 22.7. The molecule has 3 aromatic rings. The van der Waals surface area contributed by atoms with Gasteiger partial charge in [-0.15, -0.1) is 0 Å². The summed E-state index contributed by atoms with van der Waals surface area (Å²) >= 11 is 0. The zero-order valence-corrected chi connectivity index (χ0v) is 19.6. The molecule has 0 bridgehead atoms. The molecule has 2 aromatic carbocycles. The molecule has 6 heteroatoms. The van der Waals surface area contributed by atoms with E-state index in [1.807, 2.05) is 25.1 Å². The number of hydrogen-bond donors (Lipinski definition) is 2. The Morgan fingerprint density at radius 2 is 1.85 bits per heavy atom. The highest BCUT2D eigenvalue weighted by molar-refractivity contribution is 5.93. The summed E-state index contributed by atoms with van der Waals surface area (Å²) in [6.07, 6.45) is 8.34. The number of ether oxygens (including phenoxy) is 1. The second kappa shape index (κ2) is 9.26. The van der Waals surface area contributed by atoms with Crippen LogP contribution in [0.1, 0.15) is 60.8 Å². The van der Waals surface area contributed by atoms with Gasteiger partial charge in [-0.3, -0.25) is 4.79 Å². The maximum Gasteiger partial charge on any atom is 0.340 e. The maximum absolute atomic E-state index is 12.8. The SMILES string of the molecule is Cc1c(CC(=O)Nc2ccc(CCO)cc2)c(=O)oc2cc3c(cc12)CCC1(CCCCC1)O3. The Morgan fingerprint density at radius 3 is 2.59 bits per heavy atom.